The number of hydrogen-bond donors (Lipinski definition) is 3. The van der Waals surface area contributed by atoms with Gasteiger partial charge in [0.2, 0.25) is 0 Å². The van der Waals surface area contributed by atoms with Gasteiger partial charge in [-0.3, -0.25) is 4.79 Å². The molecule has 0 spiro atoms. The van der Waals surface area contributed by atoms with Crippen LogP contribution in [0.5, 0.6) is 0 Å². The van der Waals surface area contributed by atoms with Crippen LogP contribution < -0.4 is 10.6 Å². The molecule has 0 amide bonds. The number of rotatable bonds is 1. The monoisotopic (exact) mass is 144 g/mol. The number of piperazine rings is 1. The van der Waals surface area contributed by atoms with Crippen LogP contribution in [0.1, 0.15) is 6.92 Å². The van der Waals surface area contributed by atoms with Crippen molar-refractivity contribution in [1.82, 2.24) is 10.6 Å². The van der Waals surface area contributed by atoms with E-state index in [-0.39, 0.29) is 0 Å². The van der Waals surface area contributed by atoms with E-state index in [1.807, 2.05) is 6.92 Å². The molecule has 10 heavy (non-hydrogen) atoms. The normalized spacial score (nSPS) is 33.7. The van der Waals surface area contributed by atoms with Gasteiger partial charge in [0.25, 0.3) is 0 Å². The highest BCUT2D eigenvalue weighted by molar-refractivity contribution is 5.73. The third-order valence-electron chi connectivity index (χ3n) is 1.64. The summed E-state index contributed by atoms with van der Waals surface area (Å²) in [5, 5.41) is 14.5. The molecule has 0 aliphatic carbocycles. The van der Waals surface area contributed by atoms with E-state index in [4.69, 9.17) is 5.11 Å². The van der Waals surface area contributed by atoms with E-state index in [0.717, 1.165) is 6.54 Å². The largest absolute Gasteiger partial charge is 0.480 e. The van der Waals surface area contributed by atoms with Gasteiger partial charge in [0.15, 0.2) is 0 Å². The molecule has 1 heterocycles. The first kappa shape index (κ1) is 7.50. The number of carboxylic acids is 1. The molecule has 0 bridgehead atoms. The van der Waals surface area contributed by atoms with Gasteiger partial charge in [-0.15, -0.1) is 0 Å². The number of carbonyl (C=O) groups is 1. The quantitative estimate of drug-likeness (QED) is 0.442. The Morgan fingerprint density at radius 1 is 1.50 bits per heavy atom. The zero-order valence-electron chi connectivity index (χ0n) is 5.92. The Morgan fingerprint density at radius 3 is 2.60 bits per heavy atom. The SMILES string of the molecule is CC1CNC(C(=O)O)CN1. The highest BCUT2D eigenvalue weighted by atomic mass is 16.4. The van der Waals surface area contributed by atoms with Gasteiger partial charge in [-0.05, 0) is 6.92 Å². The van der Waals surface area contributed by atoms with Crippen molar-refractivity contribution >= 4 is 5.97 Å². The molecule has 1 fully saturated rings. The number of carboxylic acid groups (broad SMARTS) is 1. The van der Waals surface area contributed by atoms with Crippen molar-refractivity contribution in [2.75, 3.05) is 13.1 Å². The van der Waals surface area contributed by atoms with Crippen molar-refractivity contribution in [1.29, 1.82) is 0 Å². The van der Waals surface area contributed by atoms with Crippen molar-refractivity contribution in [2.45, 2.75) is 19.0 Å². The summed E-state index contributed by atoms with van der Waals surface area (Å²) in [7, 11) is 0. The zero-order valence-corrected chi connectivity index (χ0v) is 5.92. The van der Waals surface area contributed by atoms with Crippen molar-refractivity contribution in [3.8, 4) is 0 Å². The number of aliphatic carboxylic acids is 1. The van der Waals surface area contributed by atoms with Crippen molar-refractivity contribution in [3.63, 3.8) is 0 Å². The molecule has 4 heteroatoms. The Morgan fingerprint density at radius 2 is 2.20 bits per heavy atom. The van der Waals surface area contributed by atoms with Crippen LogP contribution in [0.3, 0.4) is 0 Å². The molecule has 0 radical (unpaired) electrons. The predicted octanol–water partition coefficient (Wildman–Crippen LogP) is -0.979. The number of hydrogen-bond acceptors (Lipinski definition) is 3. The lowest BCUT2D eigenvalue weighted by Crippen LogP contribution is -2.56. The maximum atomic E-state index is 10.4. The molecule has 1 saturated heterocycles. The second-order valence-electron chi connectivity index (χ2n) is 2.61. The van der Waals surface area contributed by atoms with Gasteiger partial charge in [-0.25, -0.2) is 0 Å². The first-order valence-electron chi connectivity index (χ1n) is 3.39. The second-order valence-corrected chi connectivity index (χ2v) is 2.61. The third kappa shape index (κ3) is 1.68. The Labute approximate surface area is 59.6 Å². The minimum Gasteiger partial charge on any atom is -0.480 e. The predicted molar refractivity (Wildman–Crippen MR) is 36.9 cm³/mol. The van der Waals surface area contributed by atoms with E-state index in [2.05, 4.69) is 10.6 Å². The van der Waals surface area contributed by atoms with Crippen molar-refractivity contribution < 1.29 is 9.90 Å². The molecule has 2 atom stereocenters. The second kappa shape index (κ2) is 2.98. The molecule has 58 valence electrons. The minimum atomic E-state index is -0.778. The van der Waals surface area contributed by atoms with Crippen LogP contribution in [0.2, 0.25) is 0 Å². The van der Waals surface area contributed by atoms with E-state index >= 15 is 0 Å². The standard InChI is InChI=1S/C6H12N2O2/c1-4-2-8-5(3-7-4)6(9)10/h4-5,7-8H,2-3H2,1H3,(H,9,10). The van der Waals surface area contributed by atoms with Crippen LogP contribution in [0.15, 0.2) is 0 Å². The molecule has 0 saturated carbocycles. The van der Waals surface area contributed by atoms with Gasteiger partial charge in [-0.1, -0.05) is 0 Å². The van der Waals surface area contributed by atoms with Gasteiger partial charge >= 0.3 is 5.97 Å². The van der Waals surface area contributed by atoms with Gasteiger partial charge < -0.3 is 15.7 Å². The molecular weight excluding hydrogens is 132 g/mol. The number of nitrogens with one attached hydrogen (secondary N) is 2. The maximum absolute atomic E-state index is 10.4. The average Bonchev–Trinajstić information content (AvgIpc) is 1.88. The van der Waals surface area contributed by atoms with Crippen LogP contribution in [0, 0.1) is 0 Å². The topological polar surface area (TPSA) is 61.4 Å². The van der Waals surface area contributed by atoms with Crippen LogP contribution in [0.4, 0.5) is 0 Å². The van der Waals surface area contributed by atoms with E-state index < -0.39 is 12.0 Å². The zero-order chi connectivity index (χ0) is 7.56. The lowest BCUT2D eigenvalue weighted by Gasteiger charge is -2.25. The minimum absolute atomic E-state index is 0.385. The van der Waals surface area contributed by atoms with Crippen LogP contribution in [0.25, 0.3) is 0 Å². The molecule has 3 N–H and O–H groups in total. The molecule has 1 aliphatic heterocycles. The fourth-order valence-corrected chi connectivity index (χ4v) is 0.957. The summed E-state index contributed by atoms with van der Waals surface area (Å²) in [4.78, 5) is 10.4. The van der Waals surface area contributed by atoms with Crippen molar-refractivity contribution in [3.05, 3.63) is 0 Å². The molecule has 1 aliphatic rings. The Balaban J connectivity index is 2.33. The molecule has 2 unspecified atom stereocenters. The lowest BCUT2D eigenvalue weighted by atomic mass is 10.2. The Bertz CT molecular complexity index is 130. The molecular formula is C6H12N2O2. The van der Waals surface area contributed by atoms with E-state index in [0.29, 0.717) is 12.6 Å². The molecule has 0 aromatic heterocycles. The maximum Gasteiger partial charge on any atom is 0.322 e. The fourth-order valence-electron chi connectivity index (χ4n) is 0.957. The smallest absolute Gasteiger partial charge is 0.322 e. The molecule has 0 aromatic carbocycles. The average molecular weight is 144 g/mol. The highest BCUT2D eigenvalue weighted by Gasteiger charge is 2.21. The fraction of sp³-hybridized carbons (Fsp3) is 0.833. The molecule has 0 aromatic rings. The molecule has 4 nitrogen and oxygen atoms in total. The highest BCUT2D eigenvalue weighted by Crippen LogP contribution is 1.91. The summed E-state index contributed by atoms with van der Waals surface area (Å²) >= 11 is 0. The van der Waals surface area contributed by atoms with E-state index in [9.17, 15) is 4.79 Å². The summed E-state index contributed by atoms with van der Waals surface area (Å²) in [6.45, 7) is 3.28. The van der Waals surface area contributed by atoms with Crippen LogP contribution in [-0.2, 0) is 4.79 Å². The third-order valence-corrected chi connectivity index (χ3v) is 1.64. The first-order chi connectivity index (χ1) is 4.70. The van der Waals surface area contributed by atoms with Gasteiger partial charge in [0.05, 0.1) is 0 Å². The molecule has 1 rings (SSSR count). The van der Waals surface area contributed by atoms with Crippen molar-refractivity contribution in [2.24, 2.45) is 0 Å². The first-order valence-corrected chi connectivity index (χ1v) is 3.39. The summed E-state index contributed by atoms with van der Waals surface area (Å²) < 4.78 is 0. The van der Waals surface area contributed by atoms with Crippen LogP contribution in [-0.4, -0.2) is 36.2 Å². The summed E-state index contributed by atoms with van der Waals surface area (Å²) in [5.41, 5.74) is 0. The van der Waals surface area contributed by atoms with E-state index in [1.165, 1.54) is 0 Å². The lowest BCUT2D eigenvalue weighted by molar-refractivity contribution is -0.139. The summed E-state index contributed by atoms with van der Waals surface area (Å²) in [6.07, 6.45) is 0. The van der Waals surface area contributed by atoms with Gasteiger partial charge in [0, 0.05) is 19.1 Å². The Kier molecular flexibility index (Phi) is 2.24. The van der Waals surface area contributed by atoms with Crippen LogP contribution >= 0.6 is 0 Å². The van der Waals surface area contributed by atoms with Gasteiger partial charge in [-0.2, -0.15) is 0 Å². The summed E-state index contributed by atoms with van der Waals surface area (Å²) in [6, 6.07) is -0.0215. The summed E-state index contributed by atoms with van der Waals surface area (Å²) in [5.74, 6) is -0.778. The van der Waals surface area contributed by atoms with E-state index in [1.54, 1.807) is 0 Å². The van der Waals surface area contributed by atoms with Gasteiger partial charge in [0.1, 0.15) is 6.04 Å². The Hall–Kier alpha value is -0.610.